The summed E-state index contributed by atoms with van der Waals surface area (Å²) in [5, 5.41) is 0. The maximum atomic E-state index is 12.5. The minimum atomic E-state index is 0.390. The van der Waals surface area contributed by atoms with E-state index in [9.17, 15) is 4.79 Å². The molecule has 2 aliphatic rings. The molecule has 0 radical (unpaired) electrons. The van der Waals surface area contributed by atoms with Crippen molar-refractivity contribution in [2.45, 2.75) is 38.5 Å². The highest BCUT2D eigenvalue weighted by Gasteiger charge is 2.23. The Bertz CT molecular complexity index is 526. The van der Waals surface area contributed by atoms with Gasteiger partial charge in [-0.15, -0.1) is 0 Å². The Labute approximate surface area is 146 Å². The molecule has 1 heterocycles. The fourth-order valence-electron chi connectivity index (χ4n) is 3.85. The van der Waals surface area contributed by atoms with Gasteiger partial charge in [-0.1, -0.05) is 61.7 Å². The molecule has 1 saturated carbocycles. The molecule has 1 aromatic rings. The summed E-state index contributed by atoms with van der Waals surface area (Å²) in [5.74, 6) is 1.04. The van der Waals surface area contributed by atoms with Crippen molar-refractivity contribution in [2.24, 2.45) is 5.92 Å². The van der Waals surface area contributed by atoms with Gasteiger partial charge in [0.15, 0.2) is 0 Å². The Morgan fingerprint density at radius 2 is 1.71 bits per heavy atom. The van der Waals surface area contributed by atoms with Gasteiger partial charge >= 0.3 is 0 Å². The van der Waals surface area contributed by atoms with E-state index in [0.717, 1.165) is 39.1 Å². The van der Waals surface area contributed by atoms with Crippen molar-refractivity contribution in [3.05, 3.63) is 42.0 Å². The van der Waals surface area contributed by atoms with Gasteiger partial charge in [0.2, 0.25) is 5.91 Å². The Morgan fingerprint density at radius 1 is 1.00 bits per heavy atom. The lowest BCUT2D eigenvalue weighted by Crippen LogP contribution is -2.48. The SMILES string of the molecule is O=C(CC1CCCCC1)N1CCN(C/C=C/c2ccccc2)CC1. The van der Waals surface area contributed by atoms with Crippen molar-refractivity contribution in [1.29, 1.82) is 0 Å². The molecule has 24 heavy (non-hydrogen) atoms. The summed E-state index contributed by atoms with van der Waals surface area (Å²) in [6.45, 7) is 4.75. The Kier molecular flexibility index (Phi) is 6.48. The third kappa shape index (κ3) is 5.20. The fourth-order valence-corrected chi connectivity index (χ4v) is 3.85. The number of hydrogen-bond acceptors (Lipinski definition) is 2. The third-order valence-electron chi connectivity index (χ3n) is 5.39. The normalized spacial score (nSPS) is 20.6. The summed E-state index contributed by atoms with van der Waals surface area (Å²) in [5.41, 5.74) is 1.25. The van der Waals surface area contributed by atoms with E-state index in [0.29, 0.717) is 11.8 Å². The lowest BCUT2D eigenvalue weighted by Gasteiger charge is -2.35. The molecular weight excluding hydrogens is 296 g/mol. The third-order valence-corrected chi connectivity index (χ3v) is 5.39. The van der Waals surface area contributed by atoms with Gasteiger partial charge in [-0.2, -0.15) is 0 Å². The second kappa shape index (κ2) is 9.03. The number of piperazine rings is 1. The molecule has 2 fully saturated rings. The van der Waals surface area contributed by atoms with Gasteiger partial charge < -0.3 is 4.90 Å². The average Bonchev–Trinajstić information content (AvgIpc) is 2.64. The first kappa shape index (κ1) is 17.2. The number of carbonyl (C=O) groups excluding carboxylic acids is 1. The molecule has 1 amide bonds. The molecule has 3 heteroatoms. The maximum absolute atomic E-state index is 12.5. The van der Waals surface area contributed by atoms with Crippen LogP contribution in [-0.4, -0.2) is 48.4 Å². The van der Waals surface area contributed by atoms with Crippen molar-refractivity contribution in [1.82, 2.24) is 9.80 Å². The van der Waals surface area contributed by atoms with Gasteiger partial charge in [0.25, 0.3) is 0 Å². The van der Waals surface area contributed by atoms with Gasteiger partial charge in [0.1, 0.15) is 0 Å². The molecule has 1 aliphatic heterocycles. The summed E-state index contributed by atoms with van der Waals surface area (Å²) in [6, 6.07) is 10.4. The number of amides is 1. The second-order valence-electron chi connectivity index (χ2n) is 7.20. The van der Waals surface area contributed by atoms with E-state index in [4.69, 9.17) is 0 Å². The van der Waals surface area contributed by atoms with Crippen LogP contribution in [0.15, 0.2) is 36.4 Å². The van der Waals surface area contributed by atoms with E-state index in [2.05, 4.69) is 46.2 Å². The van der Waals surface area contributed by atoms with E-state index in [1.165, 1.54) is 37.7 Å². The minimum Gasteiger partial charge on any atom is -0.340 e. The van der Waals surface area contributed by atoms with Crippen molar-refractivity contribution in [3.8, 4) is 0 Å². The minimum absolute atomic E-state index is 0.390. The molecule has 0 spiro atoms. The van der Waals surface area contributed by atoms with Crippen LogP contribution in [0, 0.1) is 5.92 Å². The summed E-state index contributed by atoms with van der Waals surface area (Å²) in [7, 11) is 0. The van der Waals surface area contributed by atoms with Crippen LogP contribution in [0.3, 0.4) is 0 Å². The van der Waals surface area contributed by atoms with Crippen molar-refractivity contribution >= 4 is 12.0 Å². The summed E-state index contributed by atoms with van der Waals surface area (Å²) < 4.78 is 0. The van der Waals surface area contributed by atoms with Gasteiger partial charge in [-0.3, -0.25) is 9.69 Å². The predicted molar refractivity (Wildman–Crippen MR) is 99.7 cm³/mol. The van der Waals surface area contributed by atoms with Crippen molar-refractivity contribution in [3.63, 3.8) is 0 Å². The summed E-state index contributed by atoms with van der Waals surface area (Å²) in [6.07, 6.45) is 11.7. The zero-order valence-corrected chi connectivity index (χ0v) is 14.7. The first-order chi connectivity index (χ1) is 11.8. The number of hydrogen-bond donors (Lipinski definition) is 0. The van der Waals surface area contributed by atoms with Crippen molar-refractivity contribution in [2.75, 3.05) is 32.7 Å². The summed E-state index contributed by atoms with van der Waals surface area (Å²) in [4.78, 5) is 17.0. The smallest absolute Gasteiger partial charge is 0.222 e. The van der Waals surface area contributed by atoms with E-state index >= 15 is 0 Å². The Hall–Kier alpha value is -1.61. The number of nitrogens with zero attached hydrogens (tertiary/aromatic N) is 2. The largest absolute Gasteiger partial charge is 0.340 e. The molecule has 0 unspecified atom stereocenters. The van der Waals surface area contributed by atoms with Crippen LogP contribution in [0.4, 0.5) is 0 Å². The zero-order valence-electron chi connectivity index (χ0n) is 14.7. The molecule has 0 N–H and O–H groups in total. The summed E-state index contributed by atoms with van der Waals surface area (Å²) >= 11 is 0. The zero-order chi connectivity index (χ0) is 16.6. The molecule has 0 aromatic heterocycles. The van der Waals surface area contributed by atoms with Crippen LogP contribution >= 0.6 is 0 Å². The molecular formula is C21H30N2O. The highest BCUT2D eigenvalue weighted by Crippen LogP contribution is 2.27. The van der Waals surface area contributed by atoms with Gasteiger partial charge in [-0.25, -0.2) is 0 Å². The molecule has 130 valence electrons. The van der Waals surface area contributed by atoms with Crippen molar-refractivity contribution < 1.29 is 4.79 Å². The standard InChI is InChI=1S/C21H30N2O/c24-21(18-20-10-5-2-6-11-20)23-16-14-22(15-17-23)13-7-12-19-8-3-1-4-9-19/h1,3-4,7-9,12,20H,2,5-6,10-11,13-18H2/b12-7+. The molecule has 1 aromatic carbocycles. The van der Waals surface area contributed by atoms with E-state index in [-0.39, 0.29) is 0 Å². The predicted octanol–water partition coefficient (Wildman–Crippen LogP) is 3.81. The monoisotopic (exact) mass is 326 g/mol. The van der Waals surface area contributed by atoms with Gasteiger partial charge in [0.05, 0.1) is 0 Å². The molecule has 3 nitrogen and oxygen atoms in total. The average molecular weight is 326 g/mol. The van der Waals surface area contributed by atoms with Crippen LogP contribution < -0.4 is 0 Å². The molecule has 0 bridgehead atoms. The van der Waals surface area contributed by atoms with Crippen LogP contribution in [0.2, 0.25) is 0 Å². The number of benzene rings is 1. The van der Waals surface area contributed by atoms with E-state index < -0.39 is 0 Å². The quantitative estimate of drug-likeness (QED) is 0.821. The second-order valence-corrected chi connectivity index (χ2v) is 7.20. The van der Waals surface area contributed by atoms with Crippen LogP contribution in [0.1, 0.15) is 44.1 Å². The Balaban J connectivity index is 1.37. The molecule has 0 atom stereocenters. The van der Waals surface area contributed by atoms with Gasteiger partial charge in [-0.05, 0) is 24.3 Å². The molecule has 1 saturated heterocycles. The fraction of sp³-hybridized carbons (Fsp3) is 0.571. The van der Waals surface area contributed by atoms with Gasteiger partial charge in [0, 0.05) is 39.1 Å². The van der Waals surface area contributed by atoms with E-state index in [1.54, 1.807) is 0 Å². The molecule has 3 rings (SSSR count). The highest BCUT2D eigenvalue weighted by molar-refractivity contribution is 5.76. The topological polar surface area (TPSA) is 23.6 Å². The van der Waals surface area contributed by atoms with Crippen LogP contribution in [0.25, 0.3) is 6.08 Å². The first-order valence-corrected chi connectivity index (χ1v) is 9.53. The van der Waals surface area contributed by atoms with Crippen LogP contribution in [-0.2, 0) is 4.79 Å². The molecule has 1 aliphatic carbocycles. The number of rotatable bonds is 5. The highest BCUT2D eigenvalue weighted by atomic mass is 16.2. The lowest BCUT2D eigenvalue weighted by atomic mass is 9.86. The maximum Gasteiger partial charge on any atom is 0.222 e. The first-order valence-electron chi connectivity index (χ1n) is 9.53. The lowest BCUT2D eigenvalue weighted by molar-refractivity contribution is -0.134. The van der Waals surface area contributed by atoms with E-state index in [1.807, 2.05) is 6.07 Å². The number of carbonyl (C=O) groups is 1. The Morgan fingerprint density at radius 3 is 2.42 bits per heavy atom. The van der Waals surface area contributed by atoms with Crippen LogP contribution in [0.5, 0.6) is 0 Å².